The molecule has 2 heterocycles. The molecule has 0 aliphatic carbocycles. The smallest absolute Gasteiger partial charge is 0.312 e. The molecule has 0 fully saturated rings. The lowest BCUT2D eigenvalue weighted by Gasteiger charge is -2.06. The number of hydrogen-bond acceptors (Lipinski definition) is 8. The molecule has 0 spiro atoms. The molecule has 0 aliphatic rings. The lowest BCUT2D eigenvalue weighted by Crippen LogP contribution is -2.08. The molecule has 0 N–H and O–H groups in total. The van der Waals surface area contributed by atoms with Crippen molar-refractivity contribution in [2.75, 3.05) is 0 Å². The van der Waals surface area contributed by atoms with Crippen LogP contribution in [0, 0.1) is 6.92 Å². The van der Waals surface area contributed by atoms with Crippen molar-refractivity contribution >= 4 is 17.3 Å². The first-order valence-electron chi connectivity index (χ1n) is 8.88. The second-order valence-electron chi connectivity index (χ2n) is 6.14. The molecule has 7 nitrogen and oxygen atoms in total. The molecule has 0 saturated heterocycles. The summed E-state index contributed by atoms with van der Waals surface area (Å²) in [5, 5.41) is 10.1. The van der Waals surface area contributed by atoms with Crippen molar-refractivity contribution in [2.24, 2.45) is 0 Å². The topological polar surface area (TPSA) is 87.3 Å². The van der Waals surface area contributed by atoms with E-state index in [2.05, 4.69) is 15.2 Å². The number of aromatic nitrogens is 3. The van der Waals surface area contributed by atoms with Gasteiger partial charge in [0.2, 0.25) is 5.89 Å². The maximum absolute atomic E-state index is 12.0. The number of aryl methyl sites for hydroxylation is 1. The highest BCUT2D eigenvalue weighted by molar-refractivity contribution is 7.13. The van der Waals surface area contributed by atoms with Crippen molar-refractivity contribution in [1.82, 2.24) is 15.2 Å². The van der Waals surface area contributed by atoms with E-state index in [1.165, 1.54) is 11.3 Å². The van der Waals surface area contributed by atoms with Gasteiger partial charge in [-0.3, -0.25) is 4.79 Å². The summed E-state index contributed by atoms with van der Waals surface area (Å²) in [6.45, 7) is 1.63. The lowest BCUT2D eigenvalue weighted by atomic mass is 10.2. The van der Waals surface area contributed by atoms with Gasteiger partial charge in [0.1, 0.15) is 16.5 Å². The van der Waals surface area contributed by atoms with Crippen molar-refractivity contribution in [3.8, 4) is 22.1 Å². The van der Waals surface area contributed by atoms with Gasteiger partial charge in [-0.2, -0.15) is 0 Å². The van der Waals surface area contributed by atoms with E-state index >= 15 is 0 Å². The molecule has 0 radical (unpaired) electrons. The number of esters is 1. The van der Waals surface area contributed by atoms with Gasteiger partial charge >= 0.3 is 5.97 Å². The van der Waals surface area contributed by atoms with Crippen LogP contribution in [0.1, 0.15) is 17.5 Å². The van der Waals surface area contributed by atoms with E-state index in [0.29, 0.717) is 11.6 Å². The third-order valence-corrected chi connectivity index (χ3v) is 4.80. The van der Waals surface area contributed by atoms with E-state index in [4.69, 9.17) is 13.9 Å². The average molecular weight is 407 g/mol. The Labute approximate surface area is 171 Å². The Hall–Kier alpha value is -3.52. The van der Waals surface area contributed by atoms with E-state index in [1.807, 2.05) is 60.0 Å². The van der Waals surface area contributed by atoms with Crippen LogP contribution in [0.5, 0.6) is 11.5 Å². The molecule has 29 heavy (non-hydrogen) atoms. The average Bonchev–Trinajstić information content (AvgIpc) is 3.36. The van der Waals surface area contributed by atoms with Crippen molar-refractivity contribution in [2.45, 2.75) is 20.0 Å². The highest BCUT2D eigenvalue weighted by Crippen LogP contribution is 2.29. The third kappa shape index (κ3) is 5.05. The zero-order valence-corrected chi connectivity index (χ0v) is 16.4. The van der Waals surface area contributed by atoms with Crippen molar-refractivity contribution in [3.05, 3.63) is 77.5 Å². The summed E-state index contributed by atoms with van der Waals surface area (Å²) in [6.07, 6.45) is 0.0732. The molecule has 2 aromatic carbocycles. The predicted octanol–water partition coefficient (Wildman–Crippen LogP) is 4.58. The van der Waals surface area contributed by atoms with Crippen LogP contribution in [0.2, 0.25) is 0 Å². The van der Waals surface area contributed by atoms with Crippen molar-refractivity contribution in [1.29, 1.82) is 0 Å². The quantitative estimate of drug-likeness (QED) is 0.414. The SMILES string of the molecule is Cc1nnc(COC(=O)Cc2csc(-c3cccc(Oc4ccccc4)c3)n2)o1. The maximum Gasteiger partial charge on any atom is 0.312 e. The highest BCUT2D eigenvalue weighted by Gasteiger charge is 2.12. The minimum Gasteiger partial charge on any atom is -0.457 e. The number of hydrogen-bond donors (Lipinski definition) is 0. The van der Waals surface area contributed by atoms with E-state index in [9.17, 15) is 4.79 Å². The molecule has 0 unspecified atom stereocenters. The molecule has 0 aliphatic heterocycles. The van der Waals surface area contributed by atoms with Crippen LogP contribution in [0.25, 0.3) is 10.6 Å². The van der Waals surface area contributed by atoms with Crippen LogP contribution in [-0.4, -0.2) is 21.2 Å². The molecule has 2 aromatic heterocycles. The fourth-order valence-electron chi connectivity index (χ4n) is 2.57. The summed E-state index contributed by atoms with van der Waals surface area (Å²) >= 11 is 1.46. The van der Waals surface area contributed by atoms with Crippen LogP contribution in [-0.2, 0) is 22.6 Å². The summed E-state index contributed by atoms with van der Waals surface area (Å²) in [5.74, 6) is 1.78. The number of para-hydroxylation sites is 1. The fourth-order valence-corrected chi connectivity index (χ4v) is 3.39. The Morgan fingerprint density at radius 3 is 2.69 bits per heavy atom. The number of carbonyl (C=O) groups is 1. The van der Waals surface area contributed by atoms with Gasteiger partial charge in [-0.05, 0) is 24.3 Å². The van der Waals surface area contributed by atoms with E-state index in [0.717, 1.165) is 22.1 Å². The van der Waals surface area contributed by atoms with E-state index in [1.54, 1.807) is 6.92 Å². The third-order valence-electron chi connectivity index (χ3n) is 3.86. The number of thiazole rings is 1. The van der Waals surface area contributed by atoms with Gasteiger partial charge in [0.05, 0.1) is 12.1 Å². The molecule has 8 heteroatoms. The summed E-state index contributed by atoms with van der Waals surface area (Å²) in [5.41, 5.74) is 1.57. The molecule has 146 valence electrons. The fraction of sp³-hybridized carbons (Fsp3) is 0.143. The second-order valence-corrected chi connectivity index (χ2v) is 7.00. The standard InChI is InChI=1S/C21H17N3O4S/c1-14-23-24-19(27-14)12-26-20(25)11-16-13-29-21(22-16)15-6-5-9-18(10-15)28-17-7-3-2-4-8-17/h2-10,13H,11-12H2,1H3. The number of benzene rings is 2. The number of nitrogens with zero attached hydrogens (tertiary/aromatic N) is 3. The molecular weight excluding hydrogens is 390 g/mol. The zero-order valence-electron chi connectivity index (χ0n) is 15.6. The van der Waals surface area contributed by atoms with Crippen LogP contribution in [0.15, 0.2) is 64.4 Å². The molecule has 0 saturated carbocycles. The Bertz CT molecular complexity index is 1110. The maximum atomic E-state index is 12.0. The minimum absolute atomic E-state index is 0.0461. The largest absolute Gasteiger partial charge is 0.457 e. The van der Waals surface area contributed by atoms with Gasteiger partial charge in [-0.15, -0.1) is 21.5 Å². The van der Waals surface area contributed by atoms with Crippen LogP contribution >= 0.6 is 11.3 Å². The molecule has 4 rings (SSSR count). The number of carbonyl (C=O) groups excluding carboxylic acids is 1. The Morgan fingerprint density at radius 2 is 1.90 bits per heavy atom. The minimum atomic E-state index is -0.404. The van der Waals surface area contributed by atoms with Crippen LogP contribution in [0.4, 0.5) is 0 Å². The summed E-state index contributed by atoms with van der Waals surface area (Å²) in [6, 6.07) is 17.3. The second kappa shape index (κ2) is 8.66. The monoisotopic (exact) mass is 407 g/mol. The van der Waals surface area contributed by atoms with Crippen LogP contribution < -0.4 is 4.74 Å². The van der Waals surface area contributed by atoms with Gasteiger partial charge < -0.3 is 13.9 Å². The number of rotatable bonds is 7. The van der Waals surface area contributed by atoms with Crippen LogP contribution in [0.3, 0.4) is 0 Å². The summed E-state index contributed by atoms with van der Waals surface area (Å²) in [4.78, 5) is 16.6. The first-order valence-corrected chi connectivity index (χ1v) is 9.76. The van der Waals surface area contributed by atoms with Crippen molar-refractivity contribution < 1.29 is 18.7 Å². The van der Waals surface area contributed by atoms with E-state index in [-0.39, 0.29) is 18.9 Å². The number of ether oxygens (including phenoxy) is 2. The van der Waals surface area contributed by atoms with Gasteiger partial charge in [-0.1, -0.05) is 30.3 Å². The Balaban J connectivity index is 1.38. The Kier molecular flexibility index (Phi) is 5.62. The highest BCUT2D eigenvalue weighted by atomic mass is 32.1. The molecule has 0 amide bonds. The molecule has 0 bridgehead atoms. The zero-order chi connectivity index (χ0) is 20.1. The molecule has 4 aromatic rings. The molecule has 0 atom stereocenters. The van der Waals surface area contributed by atoms with Gasteiger partial charge in [0.15, 0.2) is 6.61 Å². The normalized spacial score (nSPS) is 10.7. The van der Waals surface area contributed by atoms with E-state index < -0.39 is 5.97 Å². The van der Waals surface area contributed by atoms with Gasteiger partial charge in [0, 0.05) is 17.9 Å². The Morgan fingerprint density at radius 1 is 1.07 bits per heavy atom. The predicted molar refractivity (Wildman–Crippen MR) is 107 cm³/mol. The molecular formula is C21H17N3O4S. The summed E-state index contributed by atoms with van der Waals surface area (Å²) in [7, 11) is 0. The first kappa shape index (κ1) is 18.8. The van der Waals surface area contributed by atoms with Gasteiger partial charge in [-0.25, -0.2) is 4.98 Å². The van der Waals surface area contributed by atoms with Gasteiger partial charge in [0.25, 0.3) is 5.89 Å². The summed E-state index contributed by atoms with van der Waals surface area (Å²) < 4.78 is 16.2. The lowest BCUT2D eigenvalue weighted by molar-refractivity contribution is -0.144. The van der Waals surface area contributed by atoms with Crippen molar-refractivity contribution in [3.63, 3.8) is 0 Å². The first-order chi connectivity index (χ1) is 14.2.